The summed E-state index contributed by atoms with van der Waals surface area (Å²) in [6.45, 7) is 3.96. The minimum atomic E-state index is 0.466. The van der Waals surface area contributed by atoms with Crippen molar-refractivity contribution in [3.05, 3.63) is 23.2 Å². The Bertz CT molecular complexity index is 248. The molecule has 0 saturated heterocycles. The van der Waals surface area contributed by atoms with E-state index in [-0.39, 0.29) is 0 Å². The third-order valence-corrected chi connectivity index (χ3v) is 1.61. The second-order valence-electron chi connectivity index (χ2n) is 2.63. The van der Waals surface area contributed by atoms with Gasteiger partial charge in [-0.15, -0.1) is 0 Å². The zero-order valence-corrected chi connectivity index (χ0v) is 6.89. The van der Waals surface area contributed by atoms with Crippen LogP contribution in [-0.2, 0) is 6.42 Å². The van der Waals surface area contributed by atoms with Gasteiger partial charge in [-0.2, -0.15) is 0 Å². The van der Waals surface area contributed by atoms with Crippen LogP contribution in [0.5, 0.6) is 0 Å². The fraction of sp³-hybridized carbons (Fsp3) is 0.444. The predicted molar refractivity (Wildman–Crippen MR) is 42.8 cm³/mol. The van der Waals surface area contributed by atoms with Crippen molar-refractivity contribution in [2.45, 2.75) is 26.7 Å². The summed E-state index contributed by atoms with van der Waals surface area (Å²) in [4.78, 5) is 10.4. The van der Waals surface area contributed by atoms with Crippen molar-refractivity contribution in [3.63, 3.8) is 0 Å². The van der Waals surface area contributed by atoms with Crippen LogP contribution in [0.1, 0.15) is 35.2 Å². The van der Waals surface area contributed by atoms with E-state index in [1.54, 1.807) is 0 Å². The highest BCUT2D eigenvalue weighted by Crippen LogP contribution is 2.13. The summed E-state index contributed by atoms with van der Waals surface area (Å²) >= 11 is 0. The van der Waals surface area contributed by atoms with Crippen molar-refractivity contribution in [1.29, 1.82) is 0 Å². The van der Waals surface area contributed by atoms with E-state index in [9.17, 15) is 4.79 Å². The Labute approximate surface area is 66.2 Å². The van der Waals surface area contributed by atoms with Gasteiger partial charge in [-0.05, 0) is 25.0 Å². The van der Waals surface area contributed by atoms with Crippen LogP contribution in [0, 0.1) is 6.92 Å². The number of hydrogen-bond donors (Lipinski definition) is 0. The maximum absolute atomic E-state index is 10.4. The lowest BCUT2D eigenvalue weighted by Crippen LogP contribution is -1.76. The number of carbonyl (C=O) groups excluding carboxylic acids is 1. The number of furan rings is 1. The van der Waals surface area contributed by atoms with Crippen LogP contribution < -0.4 is 0 Å². The van der Waals surface area contributed by atoms with Gasteiger partial charge in [0.15, 0.2) is 12.0 Å². The Balaban J connectivity index is 2.86. The van der Waals surface area contributed by atoms with Gasteiger partial charge in [-0.3, -0.25) is 4.79 Å². The quantitative estimate of drug-likeness (QED) is 0.622. The second kappa shape index (κ2) is 3.37. The van der Waals surface area contributed by atoms with E-state index in [0.29, 0.717) is 5.76 Å². The minimum absolute atomic E-state index is 0.466. The molecule has 0 atom stereocenters. The fourth-order valence-electron chi connectivity index (χ4n) is 1.05. The van der Waals surface area contributed by atoms with Crippen molar-refractivity contribution in [2.24, 2.45) is 0 Å². The van der Waals surface area contributed by atoms with Crippen LogP contribution in [0.2, 0.25) is 0 Å². The van der Waals surface area contributed by atoms with E-state index in [4.69, 9.17) is 4.42 Å². The SMILES string of the molecule is CCCc1cc(C)c(C=O)o1. The van der Waals surface area contributed by atoms with Crippen LogP contribution >= 0.6 is 0 Å². The Morgan fingerprint density at radius 2 is 2.36 bits per heavy atom. The maximum atomic E-state index is 10.4. The summed E-state index contributed by atoms with van der Waals surface area (Å²) in [5.74, 6) is 1.38. The molecule has 0 fully saturated rings. The Kier molecular flexibility index (Phi) is 2.47. The van der Waals surface area contributed by atoms with E-state index in [0.717, 1.165) is 30.5 Å². The van der Waals surface area contributed by atoms with E-state index >= 15 is 0 Å². The lowest BCUT2D eigenvalue weighted by Gasteiger charge is -1.87. The van der Waals surface area contributed by atoms with Crippen LogP contribution in [0.15, 0.2) is 10.5 Å². The molecule has 11 heavy (non-hydrogen) atoms. The highest BCUT2D eigenvalue weighted by atomic mass is 16.3. The smallest absolute Gasteiger partial charge is 0.185 e. The number of aldehydes is 1. The van der Waals surface area contributed by atoms with Gasteiger partial charge in [0.25, 0.3) is 0 Å². The van der Waals surface area contributed by atoms with Gasteiger partial charge in [0.1, 0.15) is 5.76 Å². The average molecular weight is 152 g/mol. The van der Waals surface area contributed by atoms with Crippen molar-refractivity contribution in [3.8, 4) is 0 Å². The fourth-order valence-corrected chi connectivity index (χ4v) is 1.05. The highest BCUT2D eigenvalue weighted by Gasteiger charge is 2.04. The van der Waals surface area contributed by atoms with Gasteiger partial charge < -0.3 is 4.42 Å². The molecule has 2 nitrogen and oxygen atoms in total. The summed E-state index contributed by atoms with van der Waals surface area (Å²) in [6.07, 6.45) is 2.72. The first-order valence-corrected chi connectivity index (χ1v) is 3.82. The van der Waals surface area contributed by atoms with Gasteiger partial charge in [0.2, 0.25) is 0 Å². The molecule has 0 aliphatic carbocycles. The van der Waals surface area contributed by atoms with Crippen molar-refractivity contribution >= 4 is 6.29 Å². The normalized spacial score (nSPS) is 10.0. The average Bonchev–Trinajstić information content (AvgIpc) is 2.32. The first-order chi connectivity index (χ1) is 5.27. The molecule has 0 aromatic carbocycles. The Morgan fingerprint density at radius 1 is 1.64 bits per heavy atom. The summed E-state index contributed by atoms with van der Waals surface area (Å²) in [6, 6.07) is 1.92. The number of carbonyl (C=O) groups is 1. The third-order valence-electron chi connectivity index (χ3n) is 1.61. The molecule has 1 heterocycles. The lowest BCUT2D eigenvalue weighted by molar-refractivity contribution is 0.109. The molecule has 0 N–H and O–H groups in total. The molecule has 0 bridgehead atoms. The van der Waals surface area contributed by atoms with Gasteiger partial charge in [0.05, 0.1) is 0 Å². The van der Waals surface area contributed by atoms with Crippen LogP contribution in [0.25, 0.3) is 0 Å². The maximum Gasteiger partial charge on any atom is 0.185 e. The molecule has 1 aromatic heterocycles. The molecule has 2 heteroatoms. The van der Waals surface area contributed by atoms with Gasteiger partial charge in [-0.1, -0.05) is 6.92 Å². The molecule has 60 valence electrons. The largest absolute Gasteiger partial charge is 0.458 e. The van der Waals surface area contributed by atoms with Crippen molar-refractivity contribution < 1.29 is 9.21 Å². The third kappa shape index (κ3) is 1.70. The van der Waals surface area contributed by atoms with Gasteiger partial charge >= 0.3 is 0 Å². The molecule has 0 unspecified atom stereocenters. The van der Waals surface area contributed by atoms with Crippen molar-refractivity contribution in [2.75, 3.05) is 0 Å². The van der Waals surface area contributed by atoms with Crippen molar-refractivity contribution in [1.82, 2.24) is 0 Å². The first kappa shape index (κ1) is 8.05. The molecule has 0 aliphatic heterocycles. The number of hydrogen-bond acceptors (Lipinski definition) is 2. The molecule has 0 saturated carbocycles. The standard InChI is InChI=1S/C9H12O2/c1-3-4-8-5-7(2)9(6-10)11-8/h5-6H,3-4H2,1-2H3. The van der Waals surface area contributed by atoms with Gasteiger partial charge in [0, 0.05) is 6.42 Å². The molecule has 1 aromatic rings. The lowest BCUT2D eigenvalue weighted by atomic mass is 10.2. The molecular weight excluding hydrogens is 140 g/mol. The summed E-state index contributed by atoms with van der Waals surface area (Å²) < 4.78 is 5.24. The minimum Gasteiger partial charge on any atom is -0.458 e. The molecule has 1 rings (SSSR count). The molecule has 0 aliphatic rings. The molecule has 0 spiro atoms. The van der Waals surface area contributed by atoms with E-state index in [1.807, 2.05) is 13.0 Å². The molecule has 0 amide bonds. The number of aryl methyl sites for hydroxylation is 2. The number of rotatable bonds is 3. The topological polar surface area (TPSA) is 30.2 Å². The zero-order valence-electron chi connectivity index (χ0n) is 6.89. The second-order valence-corrected chi connectivity index (χ2v) is 2.63. The predicted octanol–water partition coefficient (Wildman–Crippen LogP) is 2.35. The Morgan fingerprint density at radius 3 is 2.82 bits per heavy atom. The summed E-state index contributed by atoms with van der Waals surface area (Å²) in [5, 5.41) is 0. The Hall–Kier alpha value is -1.05. The summed E-state index contributed by atoms with van der Waals surface area (Å²) in [5.41, 5.74) is 0.934. The van der Waals surface area contributed by atoms with E-state index in [1.165, 1.54) is 0 Å². The van der Waals surface area contributed by atoms with E-state index < -0.39 is 0 Å². The van der Waals surface area contributed by atoms with E-state index in [2.05, 4.69) is 6.92 Å². The monoisotopic (exact) mass is 152 g/mol. The van der Waals surface area contributed by atoms with Crippen LogP contribution in [-0.4, -0.2) is 6.29 Å². The van der Waals surface area contributed by atoms with Crippen LogP contribution in [0.3, 0.4) is 0 Å². The van der Waals surface area contributed by atoms with Crippen LogP contribution in [0.4, 0.5) is 0 Å². The van der Waals surface area contributed by atoms with Gasteiger partial charge in [-0.25, -0.2) is 0 Å². The summed E-state index contributed by atoms with van der Waals surface area (Å²) in [7, 11) is 0. The highest BCUT2D eigenvalue weighted by molar-refractivity contribution is 5.72. The molecular formula is C9H12O2. The first-order valence-electron chi connectivity index (χ1n) is 3.82. The molecule has 0 radical (unpaired) electrons. The zero-order chi connectivity index (χ0) is 8.27.